The zero-order valence-corrected chi connectivity index (χ0v) is 10.9. The van der Waals surface area contributed by atoms with Crippen molar-refractivity contribution in [3.05, 3.63) is 0 Å². The Bertz CT molecular complexity index is 249. The van der Waals surface area contributed by atoms with Crippen LogP contribution in [0.4, 0.5) is 0 Å². The van der Waals surface area contributed by atoms with E-state index in [0.717, 1.165) is 32.6 Å². The molecule has 15 heavy (non-hydrogen) atoms. The number of halogens is 1. The van der Waals surface area contributed by atoms with E-state index in [0.29, 0.717) is 12.3 Å². The fourth-order valence-corrected chi connectivity index (χ4v) is 2.36. The molecule has 6 heteroatoms. The first-order valence-electron chi connectivity index (χ1n) is 5.27. The lowest BCUT2D eigenvalue weighted by atomic mass is 10.4. The third-order valence-electron chi connectivity index (χ3n) is 2.59. The van der Waals surface area contributed by atoms with E-state index in [2.05, 4.69) is 10.2 Å². The maximum Gasteiger partial charge on any atom is 0.151 e. The molecule has 1 fully saturated rings. The van der Waals surface area contributed by atoms with E-state index in [1.807, 2.05) is 0 Å². The van der Waals surface area contributed by atoms with Crippen molar-refractivity contribution in [2.24, 2.45) is 0 Å². The topological polar surface area (TPSA) is 49.4 Å². The third-order valence-corrected chi connectivity index (χ3v) is 4.28. The molecule has 0 amide bonds. The minimum Gasteiger partial charge on any atom is -0.315 e. The first-order valence-corrected chi connectivity index (χ1v) is 7.09. The van der Waals surface area contributed by atoms with Crippen LogP contribution in [0.5, 0.6) is 0 Å². The molecule has 1 aliphatic rings. The molecule has 1 saturated heterocycles. The van der Waals surface area contributed by atoms with Crippen LogP contribution in [0, 0.1) is 0 Å². The molecule has 92 valence electrons. The van der Waals surface area contributed by atoms with E-state index in [1.165, 1.54) is 0 Å². The van der Waals surface area contributed by atoms with Crippen LogP contribution in [0.3, 0.4) is 0 Å². The van der Waals surface area contributed by atoms with Gasteiger partial charge in [-0.05, 0) is 19.5 Å². The second-order valence-corrected chi connectivity index (χ2v) is 6.15. The molecular formula is C9H21ClN2O2S. The average molecular weight is 257 g/mol. The summed E-state index contributed by atoms with van der Waals surface area (Å²) in [6.07, 6.45) is 1.12. The first kappa shape index (κ1) is 15.2. The summed E-state index contributed by atoms with van der Waals surface area (Å²) in [4.78, 5) is 2.23. The molecule has 0 aromatic heterocycles. The van der Waals surface area contributed by atoms with Gasteiger partial charge in [0.05, 0.1) is 5.75 Å². The van der Waals surface area contributed by atoms with E-state index in [-0.39, 0.29) is 18.2 Å². The van der Waals surface area contributed by atoms with Crippen molar-refractivity contribution in [3.8, 4) is 0 Å². The SMILES string of the molecule is CCS(=O)(=O)CCN1CCCNCC1.Cl. The zero-order chi connectivity index (χ0) is 10.4. The quantitative estimate of drug-likeness (QED) is 0.778. The predicted molar refractivity (Wildman–Crippen MR) is 65.5 cm³/mol. The van der Waals surface area contributed by atoms with Gasteiger partial charge in [0, 0.05) is 25.4 Å². The fraction of sp³-hybridized carbons (Fsp3) is 1.00. The highest BCUT2D eigenvalue weighted by Gasteiger charge is 2.12. The van der Waals surface area contributed by atoms with Crippen molar-refractivity contribution in [1.29, 1.82) is 0 Å². The largest absolute Gasteiger partial charge is 0.315 e. The van der Waals surface area contributed by atoms with Gasteiger partial charge in [0.25, 0.3) is 0 Å². The summed E-state index contributed by atoms with van der Waals surface area (Å²) in [6.45, 7) is 6.42. The number of nitrogens with one attached hydrogen (secondary N) is 1. The minimum atomic E-state index is -2.79. The first-order chi connectivity index (χ1) is 6.64. The number of sulfone groups is 1. The van der Waals surface area contributed by atoms with Crippen LogP contribution in [0.2, 0.25) is 0 Å². The summed E-state index contributed by atoms with van der Waals surface area (Å²) in [5.74, 6) is 0.572. The summed E-state index contributed by atoms with van der Waals surface area (Å²) < 4.78 is 22.6. The van der Waals surface area contributed by atoms with Crippen molar-refractivity contribution < 1.29 is 8.42 Å². The number of hydrogen-bond acceptors (Lipinski definition) is 4. The minimum absolute atomic E-state index is 0. The van der Waals surface area contributed by atoms with Gasteiger partial charge in [-0.3, -0.25) is 0 Å². The van der Waals surface area contributed by atoms with E-state index < -0.39 is 9.84 Å². The van der Waals surface area contributed by atoms with E-state index in [9.17, 15) is 8.42 Å². The van der Waals surface area contributed by atoms with Crippen LogP contribution < -0.4 is 5.32 Å². The Labute approximate surface area is 98.7 Å². The highest BCUT2D eigenvalue weighted by atomic mass is 35.5. The molecule has 1 N–H and O–H groups in total. The summed E-state index contributed by atoms with van der Waals surface area (Å²) in [7, 11) is -2.79. The molecule has 0 unspecified atom stereocenters. The summed E-state index contributed by atoms with van der Waals surface area (Å²) in [6, 6.07) is 0. The van der Waals surface area contributed by atoms with Crippen molar-refractivity contribution in [1.82, 2.24) is 10.2 Å². The van der Waals surface area contributed by atoms with E-state index in [4.69, 9.17) is 0 Å². The Morgan fingerprint density at radius 1 is 1.27 bits per heavy atom. The summed E-state index contributed by atoms with van der Waals surface area (Å²) in [5, 5.41) is 3.30. The van der Waals surface area contributed by atoms with Gasteiger partial charge < -0.3 is 10.2 Å². The van der Waals surface area contributed by atoms with Crippen LogP contribution in [-0.2, 0) is 9.84 Å². The molecule has 0 aromatic carbocycles. The van der Waals surface area contributed by atoms with Gasteiger partial charge in [-0.15, -0.1) is 12.4 Å². The molecule has 0 aliphatic carbocycles. The van der Waals surface area contributed by atoms with Crippen LogP contribution >= 0.6 is 12.4 Å². The van der Waals surface area contributed by atoms with Crippen molar-refractivity contribution >= 4 is 22.2 Å². The van der Waals surface area contributed by atoms with Crippen molar-refractivity contribution in [2.45, 2.75) is 13.3 Å². The standard InChI is InChI=1S/C9H20N2O2S.ClH/c1-2-14(12,13)9-8-11-6-3-4-10-5-7-11;/h10H,2-9H2,1H3;1H. The van der Waals surface area contributed by atoms with E-state index >= 15 is 0 Å². The number of nitrogens with zero attached hydrogens (tertiary/aromatic N) is 1. The second kappa shape index (κ2) is 7.44. The maximum absolute atomic E-state index is 11.3. The van der Waals surface area contributed by atoms with Gasteiger partial charge >= 0.3 is 0 Å². The molecular weight excluding hydrogens is 236 g/mol. The van der Waals surface area contributed by atoms with Gasteiger partial charge in [-0.25, -0.2) is 8.42 Å². The predicted octanol–water partition coefficient (Wildman–Crippen LogP) is 0.138. The van der Waals surface area contributed by atoms with Crippen LogP contribution in [-0.4, -0.2) is 57.5 Å². The fourth-order valence-electron chi connectivity index (χ4n) is 1.54. The van der Waals surface area contributed by atoms with Crippen molar-refractivity contribution in [2.75, 3.05) is 44.2 Å². The second-order valence-electron chi connectivity index (χ2n) is 3.68. The Kier molecular flexibility index (Phi) is 7.52. The lowest BCUT2D eigenvalue weighted by molar-refractivity contribution is 0.309. The molecule has 0 atom stereocenters. The molecule has 1 aliphatic heterocycles. The van der Waals surface area contributed by atoms with Gasteiger partial charge in [0.2, 0.25) is 0 Å². The Hall–Kier alpha value is 0.160. The molecule has 1 rings (SSSR count). The Balaban J connectivity index is 0.00000196. The van der Waals surface area contributed by atoms with Crippen LogP contribution in [0.25, 0.3) is 0 Å². The molecule has 4 nitrogen and oxygen atoms in total. The molecule has 0 aromatic rings. The lowest BCUT2D eigenvalue weighted by Crippen LogP contribution is -2.32. The number of rotatable bonds is 4. The average Bonchev–Trinajstić information content (AvgIpc) is 2.43. The highest BCUT2D eigenvalue weighted by Crippen LogP contribution is 1.97. The van der Waals surface area contributed by atoms with Crippen LogP contribution in [0.1, 0.15) is 13.3 Å². The summed E-state index contributed by atoms with van der Waals surface area (Å²) >= 11 is 0. The zero-order valence-electron chi connectivity index (χ0n) is 9.24. The van der Waals surface area contributed by atoms with Gasteiger partial charge in [-0.2, -0.15) is 0 Å². The molecule has 0 bridgehead atoms. The third kappa shape index (κ3) is 6.35. The van der Waals surface area contributed by atoms with Crippen LogP contribution in [0.15, 0.2) is 0 Å². The molecule has 0 saturated carbocycles. The van der Waals surface area contributed by atoms with Crippen molar-refractivity contribution in [3.63, 3.8) is 0 Å². The summed E-state index contributed by atoms with van der Waals surface area (Å²) in [5.41, 5.74) is 0. The van der Waals surface area contributed by atoms with Gasteiger partial charge in [0.15, 0.2) is 9.84 Å². The Morgan fingerprint density at radius 3 is 2.67 bits per heavy atom. The van der Waals surface area contributed by atoms with E-state index in [1.54, 1.807) is 6.92 Å². The normalized spacial score (nSPS) is 19.3. The van der Waals surface area contributed by atoms with Gasteiger partial charge in [0.1, 0.15) is 0 Å². The Morgan fingerprint density at radius 2 is 2.00 bits per heavy atom. The smallest absolute Gasteiger partial charge is 0.151 e. The maximum atomic E-state index is 11.3. The molecule has 0 radical (unpaired) electrons. The number of hydrogen-bond donors (Lipinski definition) is 1. The highest BCUT2D eigenvalue weighted by molar-refractivity contribution is 7.91. The molecule has 0 spiro atoms. The monoisotopic (exact) mass is 256 g/mol. The lowest BCUT2D eigenvalue weighted by Gasteiger charge is -2.18. The van der Waals surface area contributed by atoms with Gasteiger partial charge in [-0.1, -0.05) is 6.92 Å². The molecule has 1 heterocycles.